The summed E-state index contributed by atoms with van der Waals surface area (Å²) >= 11 is 3.35. The van der Waals surface area contributed by atoms with Crippen LogP contribution in [0, 0.1) is 6.92 Å². The molecule has 0 aliphatic carbocycles. The van der Waals surface area contributed by atoms with E-state index in [1.807, 2.05) is 13.0 Å². The molecule has 2 nitrogen and oxygen atoms in total. The van der Waals surface area contributed by atoms with Crippen molar-refractivity contribution in [2.45, 2.75) is 12.3 Å². The molecule has 3 heteroatoms. The third kappa shape index (κ3) is 1.93. The van der Waals surface area contributed by atoms with Crippen LogP contribution >= 0.6 is 15.9 Å². The molecule has 0 aliphatic rings. The number of pyridine rings is 1. The van der Waals surface area contributed by atoms with Gasteiger partial charge in [0.05, 0.1) is 19.0 Å². The molecule has 0 saturated heterocycles. The van der Waals surface area contributed by atoms with Gasteiger partial charge in [0.15, 0.2) is 0 Å². The normalized spacial score (nSPS) is 9.73. The summed E-state index contributed by atoms with van der Waals surface area (Å²) in [6.07, 6.45) is 1.73. The van der Waals surface area contributed by atoms with Crippen molar-refractivity contribution in [1.29, 1.82) is 0 Å². The fourth-order valence-electron chi connectivity index (χ4n) is 0.829. The summed E-state index contributed by atoms with van der Waals surface area (Å²) in [6, 6.07) is 1.98. The second-order valence-corrected chi connectivity index (χ2v) is 2.83. The van der Waals surface area contributed by atoms with Gasteiger partial charge in [0.1, 0.15) is 5.75 Å². The lowest BCUT2D eigenvalue weighted by Crippen LogP contribution is -1.91. The van der Waals surface area contributed by atoms with Crippen molar-refractivity contribution in [2.24, 2.45) is 0 Å². The molecule has 1 aromatic rings. The fraction of sp³-hybridized carbons (Fsp3) is 0.375. The minimum Gasteiger partial charge on any atom is -0.495 e. The van der Waals surface area contributed by atoms with Crippen LogP contribution in [0.15, 0.2) is 12.3 Å². The van der Waals surface area contributed by atoms with Gasteiger partial charge in [-0.25, -0.2) is 0 Å². The SMILES string of the molecule is COc1cnc(CBr)c(C)c1. The van der Waals surface area contributed by atoms with E-state index in [4.69, 9.17) is 4.74 Å². The van der Waals surface area contributed by atoms with Crippen molar-refractivity contribution >= 4 is 15.9 Å². The standard InChI is InChI=1S/C8H10BrNO/c1-6-3-7(11-2)5-10-8(6)4-9/h3,5H,4H2,1-2H3. The quantitative estimate of drug-likeness (QED) is 0.707. The summed E-state index contributed by atoms with van der Waals surface area (Å²) in [5.74, 6) is 0.812. The molecule has 1 aromatic heterocycles. The van der Waals surface area contributed by atoms with E-state index in [0.29, 0.717) is 0 Å². The molecular formula is C8H10BrNO. The Hall–Kier alpha value is -0.570. The van der Waals surface area contributed by atoms with E-state index in [-0.39, 0.29) is 0 Å². The Bertz CT molecular complexity index is 250. The maximum absolute atomic E-state index is 5.02. The van der Waals surface area contributed by atoms with Gasteiger partial charge in [-0.3, -0.25) is 4.98 Å². The molecule has 0 radical (unpaired) electrons. The Morgan fingerprint density at radius 2 is 2.36 bits per heavy atom. The van der Waals surface area contributed by atoms with Gasteiger partial charge >= 0.3 is 0 Å². The van der Waals surface area contributed by atoms with E-state index in [0.717, 1.165) is 22.3 Å². The number of halogens is 1. The molecular weight excluding hydrogens is 206 g/mol. The molecule has 0 atom stereocenters. The van der Waals surface area contributed by atoms with E-state index in [1.165, 1.54) is 0 Å². The molecule has 0 aromatic carbocycles. The molecule has 0 unspecified atom stereocenters. The van der Waals surface area contributed by atoms with Crippen molar-refractivity contribution in [2.75, 3.05) is 7.11 Å². The van der Waals surface area contributed by atoms with Crippen molar-refractivity contribution in [1.82, 2.24) is 4.98 Å². The number of ether oxygens (including phenoxy) is 1. The number of hydrogen-bond acceptors (Lipinski definition) is 2. The monoisotopic (exact) mass is 215 g/mol. The van der Waals surface area contributed by atoms with Gasteiger partial charge in [-0.2, -0.15) is 0 Å². The number of methoxy groups -OCH3 is 1. The van der Waals surface area contributed by atoms with E-state index in [2.05, 4.69) is 20.9 Å². The van der Waals surface area contributed by atoms with Crippen LogP contribution in [-0.2, 0) is 5.33 Å². The third-order valence-corrected chi connectivity index (χ3v) is 2.05. The second-order valence-electron chi connectivity index (χ2n) is 2.27. The van der Waals surface area contributed by atoms with E-state index in [9.17, 15) is 0 Å². The Balaban J connectivity index is 2.99. The van der Waals surface area contributed by atoms with Gasteiger partial charge in [-0.1, -0.05) is 15.9 Å². The molecule has 11 heavy (non-hydrogen) atoms. The molecule has 0 fully saturated rings. The Kier molecular flexibility index (Phi) is 2.88. The van der Waals surface area contributed by atoms with Gasteiger partial charge in [0, 0.05) is 5.33 Å². The van der Waals surface area contributed by atoms with E-state index < -0.39 is 0 Å². The van der Waals surface area contributed by atoms with Gasteiger partial charge in [-0.05, 0) is 18.6 Å². The average Bonchev–Trinajstić information content (AvgIpc) is 2.04. The summed E-state index contributed by atoms with van der Waals surface area (Å²) in [4.78, 5) is 4.20. The molecule has 0 bridgehead atoms. The first-order chi connectivity index (χ1) is 5.27. The van der Waals surface area contributed by atoms with Gasteiger partial charge in [0.25, 0.3) is 0 Å². The number of aryl methyl sites for hydroxylation is 1. The van der Waals surface area contributed by atoms with Gasteiger partial charge in [0.2, 0.25) is 0 Å². The van der Waals surface area contributed by atoms with Crippen molar-refractivity contribution < 1.29 is 4.74 Å². The minimum absolute atomic E-state index is 0.794. The smallest absolute Gasteiger partial charge is 0.137 e. The van der Waals surface area contributed by atoms with Crippen LogP contribution in [0.4, 0.5) is 0 Å². The average molecular weight is 216 g/mol. The lowest BCUT2D eigenvalue weighted by Gasteiger charge is -2.03. The highest BCUT2D eigenvalue weighted by Gasteiger charge is 1.98. The molecule has 60 valence electrons. The first kappa shape index (κ1) is 8.53. The number of rotatable bonds is 2. The highest BCUT2D eigenvalue weighted by molar-refractivity contribution is 9.08. The largest absolute Gasteiger partial charge is 0.495 e. The molecule has 0 aliphatic heterocycles. The third-order valence-electron chi connectivity index (χ3n) is 1.52. The summed E-state index contributed by atoms with van der Waals surface area (Å²) in [7, 11) is 1.64. The zero-order valence-corrected chi connectivity index (χ0v) is 8.18. The molecule has 0 saturated carbocycles. The number of alkyl halides is 1. The van der Waals surface area contributed by atoms with Gasteiger partial charge < -0.3 is 4.74 Å². The molecule has 0 N–H and O–H groups in total. The molecule has 0 spiro atoms. The Morgan fingerprint density at radius 3 is 2.82 bits per heavy atom. The number of aromatic nitrogens is 1. The van der Waals surface area contributed by atoms with E-state index >= 15 is 0 Å². The Labute approximate surface area is 74.7 Å². The second kappa shape index (κ2) is 3.72. The minimum atomic E-state index is 0.794. The van der Waals surface area contributed by atoms with Crippen LogP contribution < -0.4 is 4.74 Å². The maximum Gasteiger partial charge on any atom is 0.137 e. The lowest BCUT2D eigenvalue weighted by molar-refractivity contribution is 0.412. The molecule has 1 heterocycles. The summed E-state index contributed by atoms with van der Waals surface area (Å²) in [5, 5.41) is 0.794. The van der Waals surface area contributed by atoms with Crippen LogP contribution in [0.3, 0.4) is 0 Å². The fourth-order valence-corrected chi connectivity index (χ4v) is 1.42. The molecule has 1 rings (SSSR count). The maximum atomic E-state index is 5.02. The predicted molar refractivity (Wildman–Crippen MR) is 48.2 cm³/mol. The zero-order chi connectivity index (χ0) is 8.27. The lowest BCUT2D eigenvalue weighted by atomic mass is 10.2. The van der Waals surface area contributed by atoms with Crippen molar-refractivity contribution in [3.63, 3.8) is 0 Å². The Morgan fingerprint density at radius 1 is 1.64 bits per heavy atom. The highest BCUT2D eigenvalue weighted by atomic mass is 79.9. The highest BCUT2D eigenvalue weighted by Crippen LogP contribution is 2.15. The summed E-state index contributed by atoms with van der Waals surface area (Å²) in [6.45, 7) is 2.02. The van der Waals surface area contributed by atoms with Gasteiger partial charge in [-0.15, -0.1) is 0 Å². The topological polar surface area (TPSA) is 22.1 Å². The van der Waals surface area contributed by atoms with Crippen LogP contribution in [0.5, 0.6) is 5.75 Å². The zero-order valence-electron chi connectivity index (χ0n) is 6.60. The van der Waals surface area contributed by atoms with Crippen LogP contribution in [0.25, 0.3) is 0 Å². The molecule has 0 amide bonds. The van der Waals surface area contributed by atoms with Crippen LogP contribution in [0.2, 0.25) is 0 Å². The van der Waals surface area contributed by atoms with E-state index in [1.54, 1.807) is 13.3 Å². The predicted octanol–water partition coefficient (Wildman–Crippen LogP) is 2.29. The summed E-state index contributed by atoms with van der Waals surface area (Å²) < 4.78 is 5.02. The first-order valence-corrected chi connectivity index (χ1v) is 4.45. The van der Waals surface area contributed by atoms with Crippen molar-refractivity contribution in [3.8, 4) is 5.75 Å². The number of hydrogen-bond donors (Lipinski definition) is 0. The van der Waals surface area contributed by atoms with Crippen LogP contribution in [-0.4, -0.2) is 12.1 Å². The number of nitrogens with zero attached hydrogens (tertiary/aromatic N) is 1. The first-order valence-electron chi connectivity index (χ1n) is 3.33. The van der Waals surface area contributed by atoms with Crippen molar-refractivity contribution in [3.05, 3.63) is 23.5 Å². The van der Waals surface area contributed by atoms with Crippen LogP contribution in [0.1, 0.15) is 11.3 Å². The summed E-state index contributed by atoms with van der Waals surface area (Å²) in [5.41, 5.74) is 2.21.